The standard InChI is InChI=1S/C44H42.C15H18.C9H12.C4H10.C4H8.C3H6.CH4/c1-7-40(23-19-33(4)42-28-39(21-17-32(42)3)27-37-16-12-13-31(2)25-37)41-24-20-35(6)44(30-41)43-29-38(22-18-34(43)5)26-36-14-10-8-9-11-15-36;1-4-5-7-10-13(2)15-12-9-6-8-11-14(15)3;1-2-6-9-7-4-3-5-8-9;2*1-3-4-2;1-3-2;/h7-8,10-25,28-30H,4,26-27H2,1-3,5-6H3;4-5,7-12H,1,6H2,2-3H3;3-5,7-8H,2,6H2,1H3;3-4H2,1-2H3;3-4H,1-2H3;3H,1H2,2H3;1H4/b23-19-,40-7+;7-5-,13-10+;;;4-3-;;. The molecule has 0 radical (unpaired) electrons. The van der Waals surface area contributed by atoms with Crippen LogP contribution >= 0.6 is 0 Å². The van der Waals surface area contributed by atoms with E-state index in [1.165, 1.54) is 120 Å². The van der Waals surface area contributed by atoms with E-state index in [4.69, 9.17) is 0 Å². The molecule has 0 aromatic heterocycles. The monoisotopic (exact) mass is 1060 g/mol. The molecular formula is C80H100. The molecule has 0 aliphatic heterocycles. The Morgan fingerprint density at radius 1 is 0.600 bits per heavy atom. The molecule has 0 heterocycles. The molecule has 2 aliphatic carbocycles. The van der Waals surface area contributed by atoms with Crippen LogP contribution in [0.3, 0.4) is 0 Å². The predicted octanol–water partition coefficient (Wildman–Crippen LogP) is 24.0. The number of rotatable bonds is 15. The van der Waals surface area contributed by atoms with Crippen LogP contribution in [0.4, 0.5) is 0 Å². The Morgan fingerprint density at radius 3 is 1.84 bits per heavy atom. The molecule has 5 aromatic carbocycles. The van der Waals surface area contributed by atoms with Gasteiger partial charge in [-0.2, -0.15) is 0 Å². The maximum absolute atomic E-state index is 4.47. The maximum Gasteiger partial charge on any atom is -0.00253 e. The summed E-state index contributed by atoms with van der Waals surface area (Å²) >= 11 is 0. The van der Waals surface area contributed by atoms with E-state index in [9.17, 15) is 0 Å². The highest BCUT2D eigenvalue weighted by atomic mass is 14.2. The molecule has 0 nitrogen and oxygen atoms in total. The molecule has 0 saturated heterocycles. The van der Waals surface area contributed by atoms with Crippen LogP contribution in [0.1, 0.15) is 151 Å². The molecule has 0 heteroatoms. The number of hydrogen-bond acceptors (Lipinski definition) is 0. The van der Waals surface area contributed by atoms with E-state index >= 15 is 0 Å². The summed E-state index contributed by atoms with van der Waals surface area (Å²) in [4.78, 5) is 0. The summed E-state index contributed by atoms with van der Waals surface area (Å²) in [6.07, 6.45) is 47.2. The van der Waals surface area contributed by atoms with Crippen molar-refractivity contribution in [3.05, 3.63) is 328 Å². The molecule has 0 N–H and O–H groups in total. The molecule has 0 amide bonds. The van der Waals surface area contributed by atoms with Crippen LogP contribution in [0.25, 0.3) is 22.3 Å². The number of unbranched alkanes of at least 4 members (excludes halogenated alkanes) is 1. The van der Waals surface area contributed by atoms with E-state index in [2.05, 4.69) is 271 Å². The van der Waals surface area contributed by atoms with Crippen LogP contribution in [0.2, 0.25) is 0 Å². The quantitative estimate of drug-likeness (QED) is 0.0557. The third-order valence-corrected chi connectivity index (χ3v) is 13.0. The fourth-order valence-corrected chi connectivity index (χ4v) is 8.30. The van der Waals surface area contributed by atoms with Crippen molar-refractivity contribution in [2.24, 2.45) is 0 Å². The third-order valence-electron chi connectivity index (χ3n) is 13.0. The van der Waals surface area contributed by atoms with Gasteiger partial charge in [-0.15, -0.1) is 12.3 Å². The minimum atomic E-state index is 0. The van der Waals surface area contributed by atoms with Crippen LogP contribution in [-0.2, 0) is 19.3 Å². The average molecular weight is 1060 g/mol. The van der Waals surface area contributed by atoms with Gasteiger partial charge in [-0.25, -0.2) is 0 Å². The van der Waals surface area contributed by atoms with Crippen LogP contribution in [0, 0.1) is 27.7 Å². The minimum absolute atomic E-state index is 0. The van der Waals surface area contributed by atoms with E-state index in [1.54, 1.807) is 12.2 Å². The van der Waals surface area contributed by atoms with Crippen molar-refractivity contribution in [3.63, 3.8) is 0 Å². The molecular weight excluding hydrogens is 961 g/mol. The molecule has 0 spiro atoms. The van der Waals surface area contributed by atoms with Crippen molar-refractivity contribution in [1.82, 2.24) is 0 Å². The summed E-state index contributed by atoms with van der Waals surface area (Å²) in [6, 6.07) is 39.8. The second kappa shape index (κ2) is 42.2. The zero-order valence-electron chi connectivity index (χ0n) is 50.9. The number of hydrogen-bond donors (Lipinski definition) is 0. The first kappa shape index (κ1) is 70.3. The van der Waals surface area contributed by atoms with Crippen molar-refractivity contribution >= 4 is 11.1 Å². The maximum atomic E-state index is 4.47. The van der Waals surface area contributed by atoms with Crippen LogP contribution in [-0.4, -0.2) is 0 Å². The summed E-state index contributed by atoms with van der Waals surface area (Å²) in [6.45, 7) is 39.1. The Balaban J connectivity index is 0.000000718. The first-order chi connectivity index (χ1) is 38.2. The van der Waals surface area contributed by atoms with Crippen LogP contribution < -0.4 is 0 Å². The van der Waals surface area contributed by atoms with Gasteiger partial charge >= 0.3 is 0 Å². The Bertz CT molecular complexity index is 3040. The number of aryl methyl sites for hydroxylation is 5. The normalized spacial score (nSPS) is 12.4. The smallest absolute Gasteiger partial charge is 0.00253 e. The number of benzene rings is 5. The molecule has 0 bridgehead atoms. The molecule has 0 saturated carbocycles. The van der Waals surface area contributed by atoms with Crippen molar-refractivity contribution in [1.29, 1.82) is 0 Å². The van der Waals surface area contributed by atoms with Crippen molar-refractivity contribution in [2.75, 3.05) is 0 Å². The predicted molar refractivity (Wildman–Crippen MR) is 365 cm³/mol. The van der Waals surface area contributed by atoms with Crippen LogP contribution in [0.15, 0.2) is 272 Å². The molecule has 5 aromatic rings. The van der Waals surface area contributed by atoms with Gasteiger partial charge in [0.25, 0.3) is 0 Å². The largest absolute Gasteiger partial charge is 0.121 e. The molecule has 0 unspecified atom stereocenters. The highest BCUT2D eigenvalue weighted by Crippen LogP contribution is 2.33. The highest BCUT2D eigenvalue weighted by Gasteiger charge is 2.11. The van der Waals surface area contributed by atoms with Gasteiger partial charge in [0.2, 0.25) is 0 Å². The van der Waals surface area contributed by atoms with E-state index < -0.39 is 0 Å². The molecule has 80 heavy (non-hydrogen) atoms. The first-order valence-corrected chi connectivity index (χ1v) is 28.6. The minimum Gasteiger partial charge on any atom is -0.121 e. The zero-order chi connectivity index (χ0) is 58.2. The lowest BCUT2D eigenvalue weighted by Crippen LogP contribution is -1.94. The lowest BCUT2D eigenvalue weighted by Gasteiger charge is -2.15. The molecule has 420 valence electrons. The Morgan fingerprint density at radius 2 is 1.21 bits per heavy atom. The van der Waals surface area contributed by atoms with Crippen molar-refractivity contribution in [3.8, 4) is 11.1 Å². The second-order valence-corrected chi connectivity index (χ2v) is 19.8. The first-order valence-electron chi connectivity index (χ1n) is 28.6. The fraction of sp³-hybridized carbons (Fsp3) is 0.263. The molecule has 7 rings (SSSR count). The fourth-order valence-electron chi connectivity index (χ4n) is 8.30. The summed E-state index contributed by atoms with van der Waals surface area (Å²) < 4.78 is 0. The molecule has 0 atom stereocenters. The number of allylic oxidation sites excluding steroid dienone is 24. The van der Waals surface area contributed by atoms with E-state index in [0.717, 1.165) is 24.8 Å². The summed E-state index contributed by atoms with van der Waals surface area (Å²) in [7, 11) is 0. The lowest BCUT2D eigenvalue weighted by atomic mass is 9.90. The Labute approximate surface area is 490 Å². The van der Waals surface area contributed by atoms with Gasteiger partial charge in [-0.3, -0.25) is 0 Å². The Hall–Kier alpha value is -7.76. The Kier molecular flexibility index (Phi) is 37.1. The van der Waals surface area contributed by atoms with E-state index in [1.807, 2.05) is 57.2 Å². The zero-order valence-corrected chi connectivity index (χ0v) is 50.9. The summed E-state index contributed by atoms with van der Waals surface area (Å²) in [5.74, 6) is 0. The summed E-state index contributed by atoms with van der Waals surface area (Å²) in [5.41, 5.74) is 26.0. The lowest BCUT2D eigenvalue weighted by molar-refractivity contribution is 0.886. The SMILES string of the molecule is C.C/C=C\C.C=C(/C=C\C(=C/C)c1ccc(C)c(-c2cc(CC3=CC=C=CC=C3)ccc2C)c1)c1cc(Cc2cccc(C)c2)ccc1C.C=C/C=C\C=C(/C)C1=C(C)C=CCC=C1.C=CC.CCCC.CCCc1ccccc1. The topological polar surface area (TPSA) is 0 Å². The average Bonchev–Trinajstić information content (AvgIpc) is 3.86. The van der Waals surface area contributed by atoms with Gasteiger partial charge in [-0.1, -0.05) is 273 Å². The van der Waals surface area contributed by atoms with E-state index in [0.29, 0.717) is 0 Å². The van der Waals surface area contributed by atoms with Gasteiger partial charge < -0.3 is 0 Å². The van der Waals surface area contributed by atoms with Crippen LogP contribution in [0.5, 0.6) is 0 Å². The molecule has 0 fully saturated rings. The van der Waals surface area contributed by atoms with Gasteiger partial charge in [-0.05, 0) is 208 Å². The third kappa shape index (κ3) is 27.2. The second-order valence-electron chi connectivity index (χ2n) is 19.8. The van der Waals surface area contributed by atoms with Gasteiger partial charge in [0.05, 0.1) is 0 Å². The van der Waals surface area contributed by atoms with Crippen molar-refractivity contribution in [2.45, 2.75) is 142 Å². The van der Waals surface area contributed by atoms with Crippen molar-refractivity contribution < 1.29 is 0 Å². The van der Waals surface area contributed by atoms with Gasteiger partial charge in [0.1, 0.15) is 0 Å². The van der Waals surface area contributed by atoms with Gasteiger partial charge in [0, 0.05) is 0 Å². The van der Waals surface area contributed by atoms with E-state index in [-0.39, 0.29) is 7.43 Å². The van der Waals surface area contributed by atoms with Gasteiger partial charge in [0.15, 0.2) is 0 Å². The molecule has 2 aliphatic rings. The highest BCUT2D eigenvalue weighted by molar-refractivity contribution is 5.84. The summed E-state index contributed by atoms with van der Waals surface area (Å²) in [5, 5.41) is 0.